The lowest BCUT2D eigenvalue weighted by molar-refractivity contribution is 0.0590. The van der Waals surface area contributed by atoms with Crippen molar-refractivity contribution in [1.82, 2.24) is 9.78 Å². The van der Waals surface area contributed by atoms with E-state index in [0.29, 0.717) is 10.7 Å². The molecule has 2 rings (SSSR count). The third-order valence-corrected chi connectivity index (χ3v) is 2.61. The van der Waals surface area contributed by atoms with Crippen molar-refractivity contribution in [2.75, 3.05) is 7.11 Å². The van der Waals surface area contributed by atoms with Gasteiger partial charge in [0.15, 0.2) is 0 Å². The highest BCUT2D eigenvalue weighted by molar-refractivity contribution is 6.32. The van der Waals surface area contributed by atoms with Gasteiger partial charge >= 0.3 is 5.97 Å². The highest BCUT2D eigenvalue weighted by Gasteiger charge is 2.13. The van der Waals surface area contributed by atoms with Crippen LogP contribution in [-0.4, -0.2) is 22.9 Å². The molecule has 5 nitrogen and oxygen atoms in total. The first-order valence-corrected chi connectivity index (χ1v) is 5.44. The van der Waals surface area contributed by atoms with Crippen molar-refractivity contribution in [3.8, 4) is 5.69 Å². The normalized spacial score (nSPS) is 10.1. The third kappa shape index (κ3) is 2.26. The zero-order valence-corrected chi connectivity index (χ0v) is 10.2. The second kappa shape index (κ2) is 5.01. The summed E-state index contributed by atoms with van der Waals surface area (Å²) in [6, 6.07) is 8.20. The average Bonchev–Trinajstić information content (AvgIpc) is 2.39. The number of hydrogen-bond acceptors (Lipinski definition) is 4. The highest BCUT2D eigenvalue weighted by atomic mass is 35.5. The summed E-state index contributed by atoms with van der Waals surface area (Å²) < 4.78 is 5.85. The molecule has 0 bridgehead atoms. The zero-order chi connectivity index (χ0) is 13.1. The van der Waals surface area contributed by atoms with E-state index in [1.54, 1.807) is 24.3 Å². The largest absolute Gasteiger partial charge is 0.464 e. The Morgan fingerprint density at radius 2 is 2.06 bits per heavy atom. The topological polar surface area (TPSA) is 61.2 Å². The van der Waals surface area contributed by atoms with Crippen LogP contribution in [-0.2, 0) is 4.74 Å². The fourth-order valence-electron chi connectivity index (χ4n) is 1.42. The summed E-state index contributed by atoms with van der Waals surface area (Å²) in [7, 11) is 1.19. The maximum absolute atomic E-state index is 11.5. The number of carbonyl (C=O) groups excluding carboxylic acids is 1. The van der Waals surface area contributed by atoms with Crippen LogP contribution in [0, 0.1) is 0 Å². The van der Waals surface area contributed by atoms with Crippen LogP contribution in [0.5, 0.6) is 0 Å². The van der Waals surface area contributed by atoms with Gasteiger partial charge in [0, 0.05) is 12.3 Å². The summed E-state index contributed by atoms with van der Waals surface area (Å²) >= 11 is 6.01. The van der Waals surface area contributed by atoms with Crippen LogP contribution >= 0.6 is 11.6 Å². The van der Waals surface area contributed by atoms with Gasteiger partial charge in [-0.2, -0.15) is 5.10 Å². The molecular weight excluding hydrogens is 256 g/mol. The molecular formula is C12H9ClN2O3. The van der Waals surface area contributed by atoms with E-state index in [0.717, 1.165) is 0 Å². The molecule has 0 atom stereocenters. The van der Waals surface area contributed by atoms with E-state index >= 15 is 0 Å². The van der Waals surface area contributed by atoms with Gasteiger partial charge in [0.2, 0.25) is 11.1 Å². The average molecular weight is 265 g/mol. The number of methoxy groups -OCH3 is 1. The molecule has 0 amide bonds. The molecule has 1 aromatic carbocycles. The zero-order valence-electron chi connectivity index (χ0n) is 9.46. The minimum atomic E-state index is -0.776. The molecule has 0 saturated carbocycles. The number of halogens is 1. The van der Waals surface area contributed by atoms with E-state index in [-0.39, 0.29) is 5.69 Å². The van der Waals surface area contributed by atoms with E-state index < -0.39 is 11.4 Å². The van der Waals surface area contributed by atoms with Crippen LogP contribution in [0.15, 0.2) is 41.3 Å². The molecule has 0 aliphatic carbocycles. The Bertz CT molecular complexity index is 652. The van der Waals surface area contributed by atoms with Crippen molar-refractivity contribution in [3.05, 3.63) is 57.5 Å². The SMILES string of the molecule is COC(=O)c1nn(-c2ccccc2Cl)ccc1=O. The highest BCUT2D eigenvalue weighted by Crippen LogP contribution is 2.18. The molecule has 0 N–H and O–H groups in total. The predicted octanol–water partition coefficient (Wildman–Crippen LogP) is 1.67. The number of ether oxygens (including phenoxy) is 1. The van der Waals surface area contributed by atoms with Crippen LogP contribution in [0.25, 0.3) is 5.69 Å². The van der Waals surface area contributed by atoms with Crippen LogP contribution < -0.4 is 5.43 Å². The summed E-state index contributed by atoms with van der Waals surface area (Å²) in [5.41, 5.74) is -0.200. The van der Waals surface area contributed by atoms with Gasteiger partial charge in [0.25, 0.3) is 0 Å². The smallest absolute Gasteiger partial charge is 0.362 e. The van der Waals surface area contributed by atoms with Gasteiger partial charge in [-0.3, -0.25) is 4.79 Å². The summed E-state index contributed by atoms with van der Waals surface area (Å²) in [5, 5.41) is 4.38. The van der Waals surface area contributed by atoms with Gasteiger partial charge in [-0.15, -0.1) is 0 Å². The van der Waals surface area contributed by atoms with Gasteiger partial charge in [-0.05, 0) is 12.1 Å². The summed E-state index contributed by atoms with van der Waals surface area (Å²) in [6.45, 7) is 0. The van der Waals surface area contributed by atoms with Crippen LogP contribution in [0.1, 0.15) is 10.5 Å². The first-order chi connectivity index (χ1) is 8.63. The van der Waals surface area contributed by atoms with Crippen LogP contribution in [0.2, 0.25) is 5.02 Å². The number of hydrogen-bond donors (Lipinski definition) is 0. The molecule has 1 heterocycles. The number of aromatic nitrogens is 2. The summed E-state index contributed by atoms with van der Waals surface area (Å²) in [6.07, 6.45) is 1.44. The molecule has 92 valence electrons. The van der Waals surface area contributed by atoms with E-state index in [1.807, 2.05) is 0 Å². The lowest BCUT2D eigenvalue weighted by Gasteiger charge is -2.07. The molecule has 0 saturated heterocycles. The monoisotopic (exact) mass is 264 g/mol. The van der Waals surface area contributed by atoms with E-state index in [4.69, 9.17) is 11.6 Å². The number of rotatable bonds is 2. The molecule has 2 aromatic rings. The summed E-state index contributed by atoms with van der Waals surface area (Å²) in [4.78, 5) is 22.9. The second-order valence-electron chi connectivity index (χ2n) is 3.42. The van der Waals surface area contributed by atoms with Crippen molar-refractivity contribution in [3.63, 3.8) is 0 Å². The fourth-order valence-corrected chi connectivity index (χ4v) is 1.64. The standard InChI is InChI=1S/C12H9ClN2O3/c1-18-12(17)11-10(16)6-7-15(14-11)9-5-3-2-4-8(9)13/h2-7H,1H3. The lowest BCUT2D eigenvalue weighted by atomic mass is 10.3. The van der Waals surface area contributed by atoms with E-state index in [2.05, 4.69) is 9.84 Å². The molecule has 0 radical (unpaired) electrons. The Kier molecular flexibility index (Phi) is 3.43. The quantitative estimate of drug-likeness (QED) is 0.774. The Hall–Kier alpha value is -2.14. The molecule has 1 aromatic heterocycles. The Balaban J connectivity index is 2.58. The predicted molar refractivity (Wildman–Crippen MR) is 66.2 cm³/mol. The number of benzene rings is 1. The van der Waals surface area contributed by atoms with Crippen molar-refractivity contribution in [2.24, 2.45) is 0 Å². The number of carbonyl (C=O) groups is 1. The van der Waals surface area contributed by atoms with Crippen molar-refractivity contribution in [2.45, 2.75) is 0 Å². The molecule has 0 spiro atoms. The van der Waals surface area contributed by atoms with Gasteiger partial charge in [0.1, 0.15) is 0 Å². The Morgan fingerprint density at radius 1 is 1.33 bits per heavy atom. The van der Waals surface area contributed by atoms with E-state index in [9.17, 15) is 9.59 Å². The maximum Gasteiger partial charge on any atom is 0.362 e. The fraction of sp³-hybridized carbons (Fsp3) is 0.0833. The molecule has 0 aliphatic heterocycles. The molecule has 0 fully saturated rings. The van der Waals surface area contributed by atoms with E-state index in [1.165, 1.54) is 24.1 Å². The maximum atomic E-state index is 11.5. The second-order valence-corrected chi connectivity index (χ2v) is 3.82. The minimum Gasteiger partial charge on any atom is -0.464 e. The number of nitrogens with zero attached hydrogens (tertiary/aromatic N) is 2. The van der Waals surface area contributed by atoms with Gasteiger partial charge in [0.05, 0.1) is 17.8 Å². The van der Waals surface area contributed by atoms with Gasteiger partial charge < -0.3 is 4.74 Å². The molecule has 0 aliphatic rings. The van der Waals surface area contributed by atoms with Crippen LogP contribution in [0.4, 0.5) is 0 Å². The van der Waals surface area contributed by atoms with Crippen molar-refractivity contribution < 1.29 is 9.53 Å². The molecule has 6 heteroatoms. The van der Waals surface area contributed by atoms with Gasteiger partial charge in [-0.25, -0.2) is 9.48 Å². The lowest BCUT2D eigenvalue weighted by Crippen LogP contribution is -2.21. The van der Waals surface area contributed by atoms with Crippen LogP contribution in [0.3, 0.4) is 0 Å². The number of esters is 1. The van der Waals surface area contributed by atoms with Crippen molar-refractivity contribution in [1.29, 1.82) is 0 Å². The Morgan fingerprint density at radius 3 is 2.72 bits per heavy atom. The first-order valence-electron chi connectivity index (χ1n) is 5.06. The van der Waals surface area contributed by atoms with Gasteiger partial charge in [-0.1, -0.05) is 23.7 Å². The number of para-hydroxylation sites is 1. The Labute approximate surface area is 108 Å². The summed E-state index contributed by atoms with van der Waals surface area (Å²) in [5.74, 6) is -0.776. The first kappa shape index (κ1) is 12.3. The minimum absolute atomic E-state index is 0.278. The van der Waals surface area contributed by atoms with Crippen molar-refractivity contribution >= 4 is 17.6 Å². The third-order valence-electron chi connectivity index (χ3n) is 2.29. The molecule has 18 heavy (non-hydrogen) atoms. The molecule has 0 unspecified atom stereocenters.